The molecule has 0 fully saturated rings. The summed E-state index contributed by atoms with van der Waals surface area (Å²) in [7, 11) is 2.27. The maximum Gasteiger partial charge on any atom is 0.500 e. The molecule has 0 saturated heterocycles. The van der Waals surface area contributed by atoms with Crippen LogP contribution >= 0.6 is 0 Å². The first-order valence-corrected chi connectivity index (χ1v) is 8.90. The van der Waals surface area contributed by atoms with Crippen LogP contribution in [0.1, 0.15) is 22.6 Å². The van der Waals surface area contributed by atoms with E-state index in [2.05, 4.69) is 9.97 Å². The molecule has 0 bridgehead atoms. The molecule has 2 aromatic rings. The van der Waals surface area contributed by atoms with Crippen LogP contribution in [0.5, 0.6) is 0 Å². The van der Waals surface area contributed by atoms with Crippen molar-refractivity contribution in [3.8, 4) is 0 Å². The van der Waals surface area contributed by atoms with Crippen LogP contribution < -0.4 is 5.73 Å². The van der Waals surface area contributed by atoms with Gasteiger partial charge in [0.1, 0.15) is 5.82 Å². The number of fused-ring (bicyclic) bond motifs is 1. The molecular formula is C14H21N3O4Si. The third-order valence-electron chi connectivity index (χ3n) is 3.64. The van der Waals surface area contributed by atoms with Crippen molar-refractivity contribution in [2.24, 2.45) is 5.73 Å². The molecule has 1 heterocycles. The summed E-state index contributed by atoms with van der Waals surface area (Å²) < 4.78 is 16.2. The first-order chi connectivity index (χ1) is 10.5. The zero-order chi connectivity index (χ0) is 16.2. The van der Waals surface area contributed by atoms with Crippen LogP contribution in [-0.4, -0.2) is 46.0 Å². The topological polar surface area (TPSA) is 99.5 Å². The summed E-state index contributed by atoms with van der Waals surface area (Å²) in [5.41, 5.74) is 7.36. The van der Waals surface area contributed by atoms with E-state index >= 15 is 0 Å². The van der Waals surface area contributed by atoms with Gasteiger partial charge in [0.2, 0.25) is 5.91 Å². The van der Waals surface area contributed by atoms with Crippen LogP contribution in [0, 0.1) is 0 Å². The molecule has 0 radical (unpaired) electrons. The second-order valence-electron chi connectivity index (χ2n) is 4.93. The van der Waals surface area contributed by atoms with E-state index in [0.29, 0.717) is 11.6 Å². The minimum atomic E-state index is -2.54. The molecule has 0 aliphatic rings. The number of carbonyl (C=O) groups is 1. The molecule has 0 unspecified atom stereocenters. The van der Waals surface area contributed by atoms with Crippen LogP contribution in [0.4, 0.5) is 0 Å². The molecule has 2 rings (SSSR count). The van der Waals surface area contributed by atoms with Gasteiger partial charge in [0.25, 0.3) is 0 Å². The molecule has 1 aromatic heterocycles. The Labute approximate surface area is 130 Å². The summed E-state index contributed by atoms with van der Waals surface area (Å²) in [4.78, 5) is 18.9. The zero-order valence-corrected chi connectivity index (χ0v) is 14.0. The molecule has 22 heavy (non-hydrogen) atoms. The smallest absolute Gasteiger partial charge is 0.377 e. The highest BCUT2D eigenvalue weighted by Gasteiger charge is 2.36. The van der Waals surface area contributed by atoms with Crippen LogP contribution in [0.2, 0.25) is 6.04 Å². The number of amides is 1. The standard InChI is InChI=1S/C14H21N3O4Si/c1-19-22(20-2,21-3)8-4-5-13-16-11-7-6-10(14(15)18)9-12(11)17-13/h6-7,9H,4-5,8H2,1-3H3,(H2,15,18)(H,16,17). The fraction of sp³-hybridized carbons (Fsp3) is 0.429. The maximum atomic E-state index is 11.2. The van der Waals surface area contributed by atoms with Gasteiger partial charge in [0.15, 0.2) is 0 Å². The number of nitrogens with zero attached hydrogens (tertiary/aromatic N) is 1. The largest absolute Gasteiger partial charge is 0.500 e. The van der Waals surface area contributed by atoms with Crippen molar-refractivity contribution in [2.75, 3.05) is 21.3 Å². The third kappa shape index (κ3) is 3.53. The van der Waals surface area contributed by atoms with Gasteiger partial charge in [-0.15, -0.1) is 0 Å². The molecular weight excluding hydrogens is 302 g/mol. The van der Waals surface area contributed by atoms with Gasteiger partial charge in [0, 0.05) is 39.4 Å². The Balaban J connectivity index is 2.04. The number of carbonyl (C=O) groups excluding carboxylic acids is 1. The quantitative estimate of drug-likeness (QED) is 0.717. The molecule has 0 saturated carbocycles. The van der Waals surface area contributed by atoms with Crippen LogP contribution in [0.3, 0.4) is 0 Å². The third-order valence-corrected chi connectivity index (χ3v) is 6.48. The Hall–Kier alpha value is -1.74. The second kappa shape index (κ2) is 7.01. The molecule has 3 N–H and O–H groups in total. The van der Waals surface area contributed by atoms with Crippen molar-refractivity contribution >= 4 is 25.7 Å². The fourth-order valence-corrected chi connectivity index (χ4v) is 4.08. The van der Waals surface area contributed by atoms with Gasteiger partial charge in [0.05, 0.1) is 11.0 Å². The minimum absolute atomic E-state index is 0.450. The van der Waals surface area contributed by atoms with Crippen molar-refractivity contribution in [3.63, 3.8) is 0 Å². The van der Waals surface area contributed by atoms with Crippen molar-refractivity contribution in [1.29, 1.82) is 0 Å². The molecule has 0 aliphatic heterocycles. The van der Waals surface area contributed by atoms with E-state index in [-0.39, 0.29) is 0 Å². The Bertz CT molecular complexity index is 646. The number of aromatic amines is 1. The minimum Gasteiger partial charge on any atom is -0.377 e. The summed E-state index contributed by atoms with van der Waals surface area (Å²) in [5.74, 6) is 0.400. The second-order valence-corrected chi connectivity index (χ2v) is 8.02. The number of nitrogens with two attached hydrogens (primary N) is 1. The van der Waals surface area contributed by atoms with E-state index in [0.717, 1.165) is 29.7 Å². The lowest BCUT2D eigenvalue weighted by Gasteiger charge is -2.23. The lowest BCUT2D eigenvalue weighted by atomic mass is 10.2. The monoisotopic (exact) mass is 323 g/mol. The first-order valence-electron chi connectivity index (χ1n) is 6.97. The highest BCUT2D eigenvalue weighted by molar-refractivity contribution is 6.60. The van der Waals surface area contributed by atoms with Gasteiger partial charge in [-0.3, -0.25) is 4.79 Å². The van der Waals surface area contributed by atoms with E-state index in [1.807, 2.05) is 0 Å². The lowest BCUT2D eigenvalue weighted by Crippen LogP contribution is -2.42. The van der Waals surface area contributed by atoms with Gasteiger partial charge in [-0.05, 0) is 24.6 Å². The molecule has 120 valence electrons. The van der Waals surface area contributed by atoms with Gasteiger partial charge >= 0.3 is 8.80 Å². The maximum absolute atomic E-state index is 11.2. The Kier molecular flexibility index (Phi) is 5.30. The van der Waals surface area contributed by atoms with Crippen LogP contribution in [-0.2, 0) is 19.7 Å². The van der Waals surface area contributed by atoms with E-state index in [1.165, 1.54) is 0 Å². The molecule has 0 spiro atoms. The summed E-state index contributed by atoms with van der Waals surface area (Å²) in [6.45, 7) is 0. The molecule has 1 aromatic carbocycles. The van der Waals surface area contributed by atoms with Crippen molar-refractivity contribution < 1.29 is 18.1 Å². The summed E-state index contributed by atoms with van der Waals surface area (Å²) in [6, 6.07) is 5.88. The zero-order valence-electron chi connectivity index (χ0n) is 13.0. The number of imidazole rings is 1. The fourth-order valence-electron chi connectivity index (χ4n) is 2.36. The predicted octanol–water partition coefficient (Wildman–Crippen LogP) is 1.47. The number of rotatable bonds is 8. The summed E-state index contributed by atoms with van der Waals surface area (Å²) in [5, 5.41) is 0. The Morgan fingerprint density at radius 1 is 1.27 bits per heavy atom. The molecule has 8 heteroatoms. The highest BCUT2D eigenvalue weighted by atomic mass is 28.4. The van der Waals surface area contributed by atoms with Crippen molar-refractivity contribution in [2.45, 2.75) is 18.9 Å². The Morgan fingerprint density at radius 2 is 1.95 bits per heavy atom. The van der Waals surface area contributed by atoms with E-state index in [9.17, 15) is 4.79 Å². The molecule has 0 aliphatic carbocycles. The molecule has 0 atom stereocenters. The molecule has 7 nitrogen and oxygen atoms in total. The van der Waals surface area contributed by atoms with Gasteiger partial charge < -0.3 is 24.0 Å². The predicted molar refractivity (Wildman–Crippen MR) is 84.5 cm³/mol. The van der Waals surface area contributed by atoms with Crippen molar-refractivity contribution in [1.82, 2.24) is 9.97 Å². The number of nitrogens with one attached hydrogen (secondary N) is 1. The normalized spacial score (nSPS) is 12.0. The first kappa shape index (κ1) is 16.6. The number of primary amides is 1. The van der Waals surface area contributed by atoms with E-state index in [1.54, 1.807) is 39.5 Å². The van der Waals surface area contributed by atoms with Gasteiger partial charge in [-0.25, -0.2) is 4.98 Å². The number of aromatic nitrogens is 2. The number of hydrogen-bond acceptors (Lipinski definition) is 5. The number of H-pyrrole nitrogens is 1. The SMILES string of the molecule is CO[Si](CCCc1nc2ccc(C(N)=O)cc2[nH]1)(OC)OC. The van der Waals surface area contributed by atoms with Crippen LogP contribution in [0.25, 0.3) is 11.0 Å². The van der Waals surface area contributed by atoms with Crippen LogP contribution in [0.15, 0.2) is 18.2 Å². The van der Waals surface area contributed by atoms with Crippen molar-refractivity contribution in [3.05, 3.63) is 29.6 Å². The average Bonchev–Trinajstić information content (AvgIpc) is 2.93. The van der Waals surface area contributed by atoms with Gasteiger partial charge in [-0.2, -0.15) is 0 Å². The lowest BCUT2D eigenvalue weighted by molar-refractivity contribution is 0.1000. The number of benzene rings is 1. The average molecular weight is 323 g/mol. The van der Waals surface area contributed by atoms with E-state index in [4.69, 9.17) is 19.0 Å². The van der Waals surface area contributed by atoms with E-state index < -0.39 is 14.7 Å². The number of hydrogen-bond donors (Lipinski definition) is 2. The number of aryl methyl sites for hydroxylation is 1. The van der Waals surface area contributed by atoms with Gasteiger partial charge in [-0.1, -0.05) is 0 Å². The summed E-state index contributed by atoms with van der Waals surface area (Å²) >= 11 is 0. The highest BCUT2D eigenvalue weighted by Crippen LogP contribution is 2.18. The molecule has 1 amide bonds. The summed E-state index contributed by atoms with van der Waals surface area (Å²) in [6.07, 6.45) is 1.57. The Morgan fingerprint density at radius 3 is 2.55 bits per heavy atom.